The topological polar surface area (TPSA) is 57.5 Å². The van der Waals surface area contributed by atoms with Crippen LogP contribution in [0.25, 0.3) is 0 Å². The zero-order valence-corrected chi connectivity index (χ0v) is 8.45. The average Bonchev–Trinajstić information content (AvgIpc) is 2.08. The molecule has 1 unspecified atom stereocenters. The van der Waals surface area contributed by atoms with E-state index in [0.29, 0.717) is 10.6 Å². The molecule has 1 rings (SSSR count). The molecule has 1 atom stereocenters. The molecule has 0 saturated carbocycles. The number of aryl methyl sites for hydroxylation is 1. The third-order valence-electron chi connectivity index (χ3n) is 1.93. The maximum atomic E-state index is 10.3. The van der Waals surface area contributed by atoms with Crippen LogP contribution in [0.5, 0.6) is 0 Å². The van der Waals surface area contributed by atoms with Crippen LogP contribution in [0.15, 0.2) is 18.2 Å². The van der Waals surface area contributed by atoms with Crippen LogP contribution < -0.4 is 0 Å². The van der Waals surface area contributed by atoms with Crippen LogP contribution in [0, 0.1) is 6.92 Å². The van der Waals surface area contributed by atoms with E-state index in [9.17, 15) is 9.90 Å². The summed E-state index contributed by atoms with van der Waals surface area (Å²) in [5.74, 6) is -1.02. The van der Waals surface area contributed by atoms with Gasteiger partial charge in [-0.2, -0.15) is 0 Å². The van der Waals surface area contributed by atoms with Crippen LogP contribution in [0.2, 0.25) is 5.02 Å². The first-order valence-corrected chi connectivity index (χ1v) is 4.54. The minimum Gasteiger partial charge on any atom is -0.481 e. The van der Waals surface area contributed by atoms with E-state index in [0.717, 1.165) is 5.56 Å². The summed E-state index contributed by atoms with van der Waals surface area (Å²) in [6.45, 7) is 1.80. The molecule has 1 aromatic carbocycles. The molecule has 3 nitrogen and oxygen atoms in total. The lowest BCUT2D eigenvalue weighted by molar-refractivity contribution is -0.139. The quantitative estimate of drug-likeness (QED) is 0.811. The monoisotopic (exact) mass is 214 g/mol. The van der Waals surface area contributed by atoms with E-state index in [4.69, 9.17) is 16.7 Å². The highest BCUT2D eigenvalue weighted by molar-refractivity contribution is 6.31. The van der Waals surface area contributed by atoms with Crippen molar-refractivity contribution >= 4 is 17.6 Å². The summed E-state index contributed by atoms with van der Waals surface area (Å²) >= 11 is 5.79. The van der Waals surface area contributed by atoms with E-state index >= 15 is 0 Å². The Balaban J connectivity index is 2.85. The number of hydrogen-bond acceptors (Lipinski definition) is 2. The first kappa shape index (κ1) is 11.0. The number of carboxylic acids is 1. The number of carbonyl (C=O) groups is 1. The van der Waals surface area contributed by atoms with E-state index in [-0.39, 0.29) is 6.42 Å². The van der Waals surface area contributed by atoms with Crippen molar-refractivity contribution < 1.29 is 15.0 Å². The van der Waals surface area contributed by atoms with Crippen molar-refractivity contribution in [3.8, 4) is 0 Å². The van der Waals surface area contributed by atoms with Gasteiger partial charge in [0.15, 0.2) is 0 Å². The molecule has 0 heterocycles. The summed E-state index contributed by atoms with van der Waals surface area (Å²) < 4.78 is 0. The van der Waals surface area contributed by atoms with Crippen LogP contribution >= 0.6 is 11.6 Å². The molecule has 0 fully saturated rings. The van der Waals surface area contributed by atoms with E-state index in [2.05, 4.69) is 0 Å². The minimum absolute atomic E-state index is 0.291. The number of aliphatic carboxylic acids is 1. The lowest BCUT2D eigenvalue weighted by atomic mass is 10.0. The Bertz CT molecular complexity index is 349. The van der Waals surface area contributed by atoms with Gasteiger partial charge in [0.2, 0.25) is 0 Å². The van der Waals surface area contributed by atoms with Crippen molar-refractivity contribution in [2.75, 3.05) is 0 Å². The molecule has 1 aromatic rings. The van der Waals surface area contributed by atoms with Gasteiger partial charge in [-0.25, -0.2) is 0 Å². The van der Waals surface area contributed by atoms with Gasteiger partial charge >= 0.3 is 5.97 Å². The first-order chi connectivity index (χ1) is 6.50. The summed E-state index contributed by atoms with van der Waals surface area (Å²) in [6, 6.07) is 4.97. The molecule has 76 valence electrons. The number of aliphatic hydroxyl groups is 1. The molecule has 0 radical (unpaired) electrons. The van der Waals surface area contributed by atoms with Gasteiger partial charge in [-0.15, -0.1) is 0 Å². The Hall–Kier alpha value is -1.06. The Labute approximate surface area is 86.9 Å². The number of halogens is 1. The first-order valence-electron chi connectivity index (χ1n) is 4.16. The van der Waals surface area contributed by atoms with Gasteiger partial charge in [0.05, 0.1) is 12.5 Å². The van der Waals surface area contributed by atoms with Crippen molar-refractivity contribution in [2.24, 2.45) is 0 Å². The van der Waals surface area contributed by atoms with Crippen molar-refractivity contribution in [2.45, 2.75) is 19.4 Å². The van der Waals surface area contributed by atoms with Gasteiger partial charge in [0.25, 0.3) is 0 Å². The third kappa shape index (κ3) is 2.72. The Morgan fingerprint density at radius 1 is 1.57 bits per heavy atom. The van der Waals surface area contributed by atoms with Gasteiger partial charge in [-0.3, -0.25) is 4.79 Å². The fraction of sp³-hybridized carbons (Fsp3) is 0.300. The molecular formula is C10H11ClO3. The summed E-state index contributed by atoms with van der Waals surface area (Å²) in [5, 5.41) is 18.6. The molecule has 0 aromatic heterocycles. The second-order valence-electron chi connectivity index (χ2n) is 3.12. The summed E-state index contributed by atoms with van der Waals surface area (Å²) in [4.78, 5) is 10.3. The van der Waals surface area contributed by atoms with E-state index < -0.39 is 12.1 Å². The molecule has 0 aliphatic carbocycles. The van der Waals surface area contributed by atoms with Crippen molar-refractivity contribution in [1.29, 1.82) is 0 Å². The van der Waals surface area contributed by atoms with Crippen LogP contribution in [0.1, 0.15) is 23.7 Å². The van der Waals surface area contributed by atoms with E-state index in [1.54, 1.807) is 25.1 Å². The fourth-order valence-corrected chi connectivity index (χ4v) is 1.28. The maximum Gasteiger partial charge on any atom is 0.306 e. The highest BCUT2D eigenvalue weighted by Gasteiger charge is 2.12. The number of benzene rings is 1. The van der Waals surface area contributed by atoms with E-state index in [1.165, 1.54) is 0 Å². The summed E-state index contributed by atoms with van der Waals surface area (Å²) in [6.07, 6.45) is -1.26. The third-order valence-corrected chi connectivity index (χ3v) is 2.36. The highest BCUT2D eigenvalue weighted by Crippen LogP contribution is 2.22. The maximum absolute atomic E-state index is 10.3. The van der Waals surface area contributed by atoms with Gasteiger partial charge in [0.1, 0.15) is 0 Å². The zero-order valence-electron chi connectivity index (χ0n) is 7.70. The Morgan fingerprint density at radius 2 is 2.21 bits per heavy atom. The molecule has 2 N–H and O–H groups in total. The summed E-state index contributed by atoms with van der Waals surface area (Å²) in [5.41, 5.74) is 1.41. The molecule has 0 aliphatic heterocycles. The smallest absolute Gasteiger partial charge is 0.306 e. The normalized spacial score (nSPS) is 12.5. The van der Waals surface area contributed by atoms with Gasteiger partial charge in [0, 0.05) is 5.02 Å². The number of carboxylic acid groups (broad SMARTS) is 1. The fourth-order valence-electron chi connectivity index (χ4n) is 1.16. The van der Waals surface area contributed by atoms with Gasteiger partial charge in [-0.05, 0) is 24.1 Å². The predicted molar refractivity (Wildman–Crippen MR) is 53.4 cm³/mol. The van der Waals surface area contributed by atoms with Crippen LogP contribution in [-0.2, 0) is 4.79 Å². The Kier molecular flexibility index (Phi) is 3.49. The molecule has 0 saturated heterocycles. The largest absolute Gasteiger partial charge is 0.481 e. The molecule has 0 spiro atoms. The van der Waals surface area contributed by atoms with Gasteiger partial charge in [-0.1, -0.05) is 23.7 Å². The van der Waals surface area contributed by atoms with E-state index in [1.807, 2.05) is 0 Å². The van der Waals surface area contributed by atoms with Crippen molar-refractivity contribution in [3.63, 3.8) is 0 Å². The van der Waals surface area contributed by atoms with Crippen LogP contribution in [-0.4, -0.2) is 16.2 Å². The lowest BCUT2D eigenvalue weighted by Gasteiger charge is -2.09. The Morgan fingerprint density at radius 3 is 2.71 bits per heavy atom. The lowest BCUT2D eigenvalue weighted by Crippen LogP contribution is -2.05. The number of aliphatic hydroxyl groups excluding tert-OH is 1. The van der Waals surface area contributed by atoms with Crippen molar-refractivity contribution in [1.82, 2.24) is 0 Å². The molecule has 14 heavy (non-hydrogen) atoms. The molecule has 0 bridgehead atoms. The summed E-state index contributed by atoms with van der Waals surface area (Å²) in [7, 11) is 0. The van der Waals surface area contributed by atoms with Crippen molar-refractivity contribution in [3.05, 3.63) is 34.3 Å². The standard InChI is InChI=1S/C10H11ClO3/c1-6-4-7(2-3-8(6)11)9(12)5-10(13)14/h2-4,9,12H,5H2,1H3,(H,13,14). The zero-order chi connectivity index (χ0) is 10.7. The number of hydrogen-bond donors (Lipinski definition) is 2. The molecule has 0 aliphatic rings. The average molecular weight is 215 g/mol. The molecular weight excluding hydrogens is 204 g/mol. The molecule has 0 amide bonds. The second kappa shape index (κ2) is 4.44. The van der Waals surface area contributed by atoms with Gasteiger partial charge < -0.3 is 10.2 Å². The van der Waals surface area contributed by atoms with Crippen LogP contribution in [0.3, 0.4) is 0 Å². The second-order valence-corrected chi connectivity index (χ2v) is 3.53. The predicted octanol–water partition coefficient (Wildman–Crippen LogP) is 2.16. The molecule has 4 heteroatoms. The SMILES string of the molecule is Cc1cc(C(O)CC(=O)O)ccc1Cl. The van der Waals surface area contributed by atoms with Crippen LogP contribution in [0.4, 0.5) is 0 Å². The minimum atomic E-state index is -1.02. The number of rotatable bonds is 3. The highest BCUT2D eigenvalue weighted by atomic mass is 35.5.